The summed E-state index contributed by atoms with van der Waals surface area (Å²) < 4.78 is 18.6. The predicted octanol–water partition coefficient (Wildman–Crippen LogP) is 2.72. The van der Waals surface area contributed by atoms with E-state index in [9.17, 15) is 9.59 Å². The van der Waals surface area contributed by atoms with Crippen molar-refractivity contribution in [2.24, 2.45) is 0 Å². The monoisotopic (exact) mass is 423 g/mol. The largest absolute Gasteiger partial charge is 0.493 e. The highest BCUT2D eigenvalue weighted by molar-refractivity contribution is 5.56. The smallest absolute Gasteiger partial charge is 0.328 e. The number of ether oxygens (including phenoxy) is 3. The molecule has 3 rings (SSSR count). The molecular weight excluding hydrogens is 402 g/mol. The molecule has 1 aromatic heterocycles. The molecule has 1 heterocycles. The van der Waals surface area contributed by atoms with Gasteiger partial charge >= 0.3 is 5.69 Å². The van der Waals surface area contributed by atoms with Crippen LogP contribution in [0.5, 0.6) is 23.0 Å². The van der Waals surface area contributed by atoms with E-state index in [0.29, 0.717) is 41.7 Å². The minimum absolute atomic E-state index is 0.0511. The first-order chi connectivity index (χ1) is 15.1. The summed E-state index contributed by atoms with van der Waals surface area (Å²) in [5, 5.41) is 8.86. The van der Waals surface area contributed by atoms with Crippen LogP contribution in [0.3, 0.4) is 0 Å². The lowest BCUT2D eigenvalue weighted by Gasteiger charge is -2.14. The van der Waals surface area contributed by atoms with Crippen LogP contribution in [-0.2, 0) is 6.54 Å². The normalized spacial score (nSPS) is 10.3. The number of rotatable bonds is 10. The van der Waals surface area contributed by atoms with Crippen LogP contribution in [0.1, 0.15) is 6.42 Å². The number of benzene rings is 2. The number of aliphatic hydroxyl groups is 1. The van der Waals surface area contributed by atoms with Gasteiger partial charge in [0.1, 0.15) is 18.1 Å². The summed E-state index contributed by atoms with van der Waals surface area (Å²) in [6.45, 7) is 7.97. The van der Waals surface area contributed by atoms with E-state index in [0.717, 1.165) is 0 Å². The van der Waals surface area contributed by atoms with Crippen molar-refractivity contribution in [3.05, 3.63) is 87.0 Å². The van der Waals surface area contributed by atoms with Gasteiger partial charge in [-0.25, -0.2) is 9.64 Å². The molecule has 0 amide bonds. The number of nitrogens with zero attached hydrogens (tertiary/aromatic N) is 2. The van der Waals surface area contributed by atoms with Gasteiger partial charge in [0, 0.05) is 31.4 Å². The number of aliphatic hydroxyl groups excluding tert-OH is 1. The first-order valence-electron chi connectivity index (χ1n) is 9.54. The first-order valence-corrected chi connectivity index (χ1v) is 9.54. The van der Waals surface area contributed by atoms with Crippen LogP contribution in [0.15, 0.2) is 64.3 Å². The average Bonchev–Trinajstić information content (AvgIpc) is 2.77. The number of aromatic amines is 1. The van der Waals surface area contributed by atoms with Crippen molar-refractivity contribution in [2.75, 3.05) is 19.8 Å². The third-order valence-electron chi connectivity index (χ3n) is 4.15. The quantitative estimate of drug-likeness (QED) is 0.384. The van der Waals surface area contributed by atoms with Gasteiger partial charge in [0.2, 0.25) is 0 Å². The predicted molar refractivity (Wildman–Crippen MR) is 113 cm³/mol. The zero-order chi connectivity index (χ0) is 22.1. The van der Waals surface area contributed by atoms with Crippen LogP contribution in [0.4, 0.5) is 5.69 Å². The van der Waals surface area contributed by atoms with Gasteiger partial charge in [0.05, 0.1) is 19.7 Å². The fourth-order valence-electron chi connectivity index (χ4n) is 2.65. The molecule has 9 nitrogen and oxygen atoms in total. The van der Waals surface area contributed by atoms with Gasteiger partial charge in [-0.2, -0.15) is 0 Å². The molecule has 2 aromatic carbocycles. The Hall–Kier alpha value is -4.03. The van der Waals surface area contributed by atoms with Crippen LogP contribution in [0.2, 0.25) is 0 Å². The second-order valence-electron chi connectivity index (χ2n) is 6.40. The van der Waals surface area contributed by atoms with E-state index in [2.05, 4.69) is 9.83 Å². The zero-order valence-corrected chi connectivity index (χ0v) is 16.6. The van der Waals surface area contributed by atoms with Gasteiger partial charge in [-0.05, 0) is 24.3 Å². The average molecular weight is 423 g/mol. The van der Waals surface area contributed by atoms with Crippen molar-refractivity contribution in [3.63, 3.8) is 0 Å². The van der Waals surface area contributed by atoms with Crippen LogP contribution in [0, 0.1) is 6.57 Å². The Bertz CT molecular complexity index is 1180. The molecule has 0 saturated carbocycles. The maximum Gasteiger partial charge on any atom is 0.328 e. The standard InChI is InChI=1S/C22H21N3O6/c1-23-16-6-7-19(31-18-5-2-4-17(15-18)29-12-3-11-26)20(14-16)30-13-10-25-9-8-21(27)24-22(25)28/h2,4-9,14-15,26H,3,10-13H2,(H,24,27,28). The van der Waals surface area contributed by atoms with Crippen LogP contribution < -0.4 is 25.5 Å². The summed E-state index contributed by atoms with van der Waals surface area (Å²) in [6.07, 6.45) is 1.92. The van der Waals surface area contributed by atoms with Crippen LogP contribution in [-0.4, -0.2) is 34.5 Å². The van der Waals surface area contributed by atoms with Crippen molar-refractivity contribution in [2.45, 2.75) is 13.0 Å². The maximum atomic E-state index is 11.8. The van der Waals surface area contributed by atoms with Crippen molar-refractivity contribution in [1.82, 2.24) is 9.55 Å². The van der Waals surface area contributed by atoms with E-state index in [4.69, 9.17) is 25.9 Å². The second kappa shape index (κ2) is 10.7. The molecule has 3 aromatic rings. The van der Waals surface area contributed by atoms with E-state index in [1.54, 1.807) is 42.5 Å². The van der Waals surface area contributed by atoms with Crippen molar-refractivity contribution in [1.29, 1.82) is 0 Å². The lowest BCUT2D eigenvalue weighted by Crippen LogP contribution is -2.30. The summed E-state index contributed by atoms with van der Waals surface area (Å²) in [7, 11) is 0. The van der Waals surface area contributed by atoms with Gasteiger partial charge < -0.3 is 19.3 Å². The third kappa shape index (κ3) is 6.22. The van der Waals surface area contributed by atoms with Crippen molar-refractivity contribution >= 4 is 5.69 Å². The number of aromatic nitrogens is 2. The number of nitrogens with one attached hydrogen (secondary N) is 1. The van der Waals surface area contributed by atoms with Gasteiger partial charge in [0.15, 0.2) is 17.2 Å². The molecule has 0 radical (unpaired) electrons. The highest BCUT2D eigenvalue weighted by Crippen LogP contribution is 2.36. The minimum Gasteiger partial charge on any atom is -0.493 e. The van der Waals surface area contributed by atoms with Gasteiger partial charge in [-0.1, -0.05) is 12.1 Å². The fourth-order valence-corrected chi connectivity index (χ4v) is 2.65. The van der Waals surface area contributed by atoms with E-state index >= 15 is 0 Å². The van der Waals surface area contributed by atoms with Crippen molar-refractivity contribution in [3.8, 4) is 23.0 Å². The summed E-state index contributed by atoms with van der Waals surface area (Å²) in [6, 6.07) is 13.1. The molecular formula is C22H21N3O6. The van der Waals surface area contributed by atoms with Gasteiger partial charge in [-0.15, -0.1) is 0 Å². The van der Waals surface area contributed by atoms with Crippen LogP contribution >= 0.6 is 0 Å². The third-order valence-corrected chi connectivity index (χ3v) is 4.15. The number of hydrogen-bond acceptors (Lipinski definition) is 6. The lowest BCUT2D eigenvalue weighted by atomic mass is 10.2. The summed E-state index contributed by atoms with van der Waals surface area (Å²) >= 11 is 0. The molecule has 9 heteroatoms. The topological polar surface area (TPSA) is 107 Å². The molecule has 2 N–H and O–H groups in total. The summed E-state index contributed by atoms with van der Waals surface area (Å²) in [4.78, 5) is 28.5. The molecule has 0 spiro atoms. The zero-order valence-electron chi connectivity index (χ0n) is 16.6. The summed E-state index contributed by atoms with van der Waals surface area (Å²) in [5.74, 6) is 1.86. The summed E-state index contributed by atoms with van der Waals surface area (Å²) in [5.41, 5.74) is -0.615. The molecule has 160 valence electrons. The Morgan fingerprint density at radius 2 is 1.84 bits per heavy atom. The molecule has 0 unspecified atom stereocenters. The van der Waals surface area contributed by atoms with E-state index in [1.165, 1.54) is 16.8 Å². The molecule has 31 heavy (non-hydrogen) atoms. The molecule has 0 aliphatic rings. The highest BCUT2D eigenvalue weighted by atomic mass is 16.5. The van der Waals surface area contributed by atoms with Crippen molar-refractivity contribution < 1.29 is 19.3 Å². The van der Waals surface area contributed by atoms with E-state index < -0.39 is 11.2 Å². The minimum atomic E-state index is -0.527. The van der Waals surface area contributed by atoms with E-state index in [-0.39, 0.29) is 19.8 Å². The SMILES string of the molecule is [C-]#[N+]c1ccc(Oc2cccc(OCCCO)c2)c(OCCn2ccc(=O)[nH]c2=O)c1. The Morgan fingerprint density at radius 1 is 1.00 bits per heavy atom. The number of H-pyrrole nitrogens is 1. The molecule has 0 bridgehead atoms. The Balaban J connectivity index is 1.72. The lowest BCUT2D eigenvalue weighted by molar-refractivity contribution is 0.233. The molecule has 0 saturated heterocycles. The van der Waals surface area contributed by atoms with Gasteiger partial charge in [-0.3, -0.25) is 14.3 Å². The Kier molecular flexibility index (Phi) is 7.45. The molecule has 0 aliphatic heterocycles. The number of hydrogen-bond donors (Lipinski definition) is 2. The Labute approximate surface area is 177 Å². The van der Waals surface area contributed by atoms with Gasteiger partial charge in [0.25, 0.3) is 5.56 Å². The second-order valence-corrected chi connectivity index (χ2v) is 6.40. The molecule has 0 aliphatic carbocycles. The molecule has 0 fully saturated rings. The Morgan fingerprint density at radius 3 is 2.61 bits per heavy atom. The highest BCUT2D eigenvalue weighted by Gasteiger charge is 2.10. The first kappa shape index (κ1) is 21.7. The fraction of sp³-hybridized carbons (Fsp3) is 0.227. The van der Waals surface area contributed by atoms with E-state index in [1.807, 2.05) is 0 Å². The molecule has 0 atom stereocenters. The maximum absolute atomic E-state index is 11.8. The van der Waals surface area contributed by atoms with Crippen LogP contribution in [0.25, 0.3) is 4.85 Å².